The summed E-state index contributed by atoms with van der Waals surface area (Å²) >= 11 is 3.38. The molecule has 0 aliphatic carbocycles. The zero-order valence-corrected chi connectivity index (χ0v) is 10.6. The predicted octanol–water partition coefficient (Wildman–Crippen LogP) is 1.74. The zero-order valence-electron chi connectivity index (χ0n) is 8.22. The van der Waals surface area contributed by atoms with E-state index in [0.717, 1.165) is 18.2 Å². The maximum Gasteiger partial charge on any atom is 0.211 e. The minimum absolute atomic E-state index is 0.168. The van der Waals surface area contributed by atoms with E-state index >= 15 is 0 Å². The second kappa shape index (κ2) is 6.79. The molecule has 0 saturated heterocycles. The van der Waals surface area contributed by atoms with Gasteiger partial charge < -0.3 is 0 Å². The Morgan fingerprint density at radius 3 is 2.54 bits per heavy atom. The Morgan fingerprint density at radius 2 is 2.08 bits per heavy atom. The van der Waals surface area contributed by atoms with E-state index in [9.17, 15) is 8.42 Å². The van der Waals surface area contributed by atoms with E-state index in [1.54, 1.807) is 6.92 Å². The summed E-state index contributed by atoms with van der Waals surface area (Å²) in [6.45, 7) is 4.35. The summed E-state index contributed by atoms with van der Waals surface area (Å²) in [6.07, 6.45) is 1.96. The predicted molar refractivity (Wildman–Crippen MR) is 59.7 cm³/mol. The van der Waals surface area contributed by atoms with Crippen molar-refractivity contribution in [3.8, 4) is 0 Å². The van der Waals surface area contributed by atoms with E-state index in [2.05, 4.69) is 27.6 Å². The third-order valence-corrected chi connectivity index (χ3v) is 4.35. The molecule has 0 fully saturated rings. The molecule has 0 aliphatic heterocycles. The van der Waals surface area contributed by atoms with Crippen molar-refractivity contribution >= 4 is 26.0 Å². The maximum atomic E-state index is 11.0. The van der Waals surface area contributed by atoms with Gasteiger partial charge in [0, 0.05) is 11.9 Å². The van der Waals surface area contributed by atoms with Gasteiger partial charge in [0.2, 0.25) is 10.0 Å². The van der Waals surface area contributed by atoms with Crippen molar-refractivity contribution in [2.24, 2.45) is 5.92 Å². The van der Waals surface area contributed by atoms with E-state index in [-0.39, 0.29) is 5.75 Å². The van der Waals surface area contributed by atoms with Crippen LogP contribution in [0.4, 0.5) is 0 Å². The SMILES string of the molecule is CCS(=O)(=O)NCCCC(C)CBr. The highest BCUT2D eigenvalue weighted by molar-refractivity contribution is 9.09. The van der Waals surface area contributed by atoms with Gasteiger partial charge >= 0.3 is 0 Å². The van der Waals surface area contributed by atoms with Crippen LogP contribution < -0.4 is 4.72 Å². The molecular formula is C8H18BrNO2S. The van der Waals surface area contributed by atoms with Crippen molar-refractivity contribution in [2.45, 2.75) is 26.7 Å². The van der Waals surface area contributed by atoms with Crippen LogP contribution in [0, 0.1) is 5.92 Å². The van der Waals surface area contributed by atoms with E-state index < -0.39 is 10.0 Å². The average molecular weight is 272 g/mol. The largest absolute Gasteiger partial charge is 0.215 e. The highest BCUT2D eigenvalue weighted by Gasteiger charge is 2.05. The molecule has 0 amide bonds. The van der Waals surface area contributed by atoms with Crippen molar-refractivity contribution in [3.05, 3.63) is 0 Å². The molecule has 1 N–H and O–H groups in total. The third-order valence-electron chi connectivity index (χ3n) is 1.84. The molecule has 0 spiro atoms. The lowest BCUT2D eigenvalue weighted by Crippen LogP contribution is -2.26. The average Bonchev–Trinajstić information content (AvgIpc) is 2.12. The van der Waals surface area contributed by atoms with Crippen LogP contribution in [0.3, 0.4) is 0 Å². The van der Waals surface area contributed by atoms with Gasteiger partial charge in [-0.25, -0.2) is 13.1 Å². The number of sulfonamides is 1. The minimum Gasteiger partial charge on any atom is -0.215 e. The van der Waals surface area contributed by atoms with Gasteiger partial charge in [0.1, 0.15) is 0 Å². The molecule has 13 heavy (non-hydrogen) atoms. The summed E-state index contributed by atoms with van der Waals surface area (Å²) in [6, 6.07) is 0. The van der Waals surface area contributed by atoms with Crippen LogP contribution in [-0.4, -0.2) is 26.0 Å². The van der Waals surface area contributed by atoms with E-state index in [1.807, 2.05) is 0 Å². The lowest BCUT2D eigenvalue weighted by Gasteiger charge is -2.07. The van der Waals surface area contributed by atoms with Crippen LogP contribution in [0.25, 0.3) is 0 Å². The standard InChI is InChI=1S/C8H18BrNO2S/c1-3-13(11,12)10-6-4-5-8(2)7-9/h8,10H,3-7H2,1-2H3. The van der Waals surface area contributed by atoms with Gasteiger partial charge in [-0.3, -0.25) is 0 Å². The van der Waals surface area contributed by atoms with Gasteiger partial charge in [-0.05, 0) is 25.7 Å². The second-order valence-corrected chi connectivity index (χ2v) is 5.94. The van der Waals surface area contributed by atoms with Gasteiger partial charge in [0.25, 0.3) is 0 Å². The lowest BCUT2D eigenvalue weighted by atomic mass is 10.1. The normalized spacial score (nSPS) is 14.4. The van der Waals surface area contributed by atoms with Crippen LogP contribution >= 0.6 is 15.9 Å². The molecule has 5 heteroatoms. The Labute approximate surface area is 89.5 Å². The molecule has 0 heterocycles. The van der Waals surface area contributed by atoms with Crippen LogP contribution in [-0.2, 0) is 10.0 Å². The van der Waals surface area contributed by atoms with E-state index in [4.69, 9.17) is 0 Å². The van der Waals surface area contributed by atoms with Gasteiger partial charge in [0.15, 0.2) is 0 Å². The fourth-order valence-electron chi connectivity index (χ4n) is 0.857. The van der Waals surface area contributed by atoms with E-state index in [1.165, 1.54) is 0 Å². The molecule has 0 rings (SSSR count). The molecule has 0 radical (unpaired) electrons. The highest BCUT2D eigenvalue weighted by Crippen LogP contribution is 2.07. The number of nitrogens with one attached hydrogen (secondary N) is 1. The number of rotatable bonds is 7. The number of hydrogen-bond acceptors (Lipinski definition) is 2. The molecule has 0 saturated carbocycles. The van der Waals surface area contributed by atoms with Crippen LogP contribution in [0.2, 0.25) is 0 Å². The summed E-state index contributed by atoms with van der Waals surface area (Å²) in [5.74, 6) is 0.784. The van der Waals surface area contributed by atoms with Crippen molar-refractivity contribution in [1.29, 1.82) is 0 Å². The monoisotopic (exact) mass is 271 g/mol. The molecule has 0 bridgehead atoms. The van der Waals surface area contributed by atoms with Gasteiger partial charge in [-0.1, -0.05) is 22.9 Å². The molecule has 1 atom stereocenters. The topological polar surface area (TPSA) is 46.2 Å². The number of hydrogen-bond donors (Lipinski definition) is 1. The zero-order chi connectivity index (χ0) is 10.3. The van der Waals surface area contributed by atoms with Crippen molar-refractivity contribution in [2.75, 3.05) is 17.6 Å². The van der Waals surface area contributed by atoms with Crippen molar-refractivity contribution < 1.29 is 8.42 Å². The molecule has 0 aromatic rings. The lowest BCUT2D eigenvalue weighted by molar-refractivity contribution is 0.547. The first-order valence-electron chi connectivity index (χ1n) is 4.55. The Hall–Kier alpha value is 0.390. The summed E-state index contributed by atoms with van der Waals surface area (Å²) in [5.41, 5.74) is 0. The quantitative estimate of drug-likeness (QED) is 0.567. The van der Waals surface area contributed by atoms with Crippen LogP contribution in [0.15, 0.2) is 0 Å². The molecule has 3 nitrogen and oxygen atoms in total. The van der Waals surface area contributed by atoms with Crippen molar-refractivity contribution in [3.63, 3.8) is 0 Å². The first kappa shape index (κ1) is 13.4. The van der Waals surface area contributed by atoms with Gasteiger partial charge in [-0.15, -0.1) is 0 Å². The Bertz CT molecular complexity index is 216. The van der Waals surface area contributed by atoms with E-state index in [0.29, 0.717) is 12.5 Å². The van der Waals surface area contributed by atoms with Crippen molar-refractivity contribution in [1.82, 2.24) is 4.72 Å². The molecule has 0 aromatic carbocycles. The first-order valence-corrected chi connectivity index (χ1v) is 7.32. The smallest absolute Gasteiger partial charge is 0.211 e. The molecule has 1 unspecified atom stereocenters. The fourth-order valence-corrected chi connectivity index (χ4v) is 1.84. The third kappa shape index (κ3) is 7.46. The summed E-state index contributed by atoms with van der Waals surface area (Å²) in [4.78, 5) is 0. The van der Waals surface area contributed by atoms with Gasteiger partial charge in [-0.2, -0.15) is 0 Å². The summed E-state index contributed by atoms with van der Waals surface area (Å²) in [5, 5.41) is 0.980. The van der Waals surface area contributed by atoms with Crippen LogP contribution in [0.5, 0.6) is 0 Å². The number of alkyl halides is 1. The molecule has 80 valence electrons. The maximum absolute atomic E-state index is 11.0. The molecular weight excluding hydrogens is 254 g/mol. The van der Waals surface area contributed by atoms with Gasteiger partial charge in [0.05, 0.1) is 5.75 Å². The first-order chi connectivity index (χ1) is 6.02. The Morgan fingerprint density at radius 1 is 1.46 bits per heavy atom. The Kier molecular flexibility index (Phi) is 6.99. The second-order valence-electron chi connectivity index (χ2n) is 3.20. The summed E-state index contributed by atoms with van der Waals surface area (Å²) in [7, 11) is -2.99. The van der Waals surface area contributed by atoms with Crippen LogP contribution in [0.1, 0.15) is 26.7 Å². The highest BCUT2D eigenvalue weighted by atomic mass is 79.9. The number of halogens is 1. The molecule has 0 aliphatic rings. The fraction of sp³-hybridized carbons (Fsp3) is 1.00. The Balaban J connectivity index is 3.47. The summed E-state index contributed by atoms with van der Waals surface area (Å²) < 4.78 is 24.5. The molecule has 0 aromatic heterocycles. The minimum atomic E-state index is -2.99.